The zero-order valence-electron chi connectivity index (χ0n) is 13.4. The van der Waals surface area contributed by atoms with Gasteiger partial charge in [0.25, 0.3) is 0 Å². The summed E-state index contributed by atoms with van der Waals surface area (Å²) in [6, 6.07) is 7.66. The predicted molar refractivity (Wildman–Crippen MR) is 91.7 cm³/mol. The molecule has 1 aromatic heterocycles. The quantitative estimate of drug-likeness (QED) is 0.868. The molecule has 2 N–H and O–H groups in total. The second kappa shape index (κ2) is 7.09. The fourth-order valence-electron chi connectivity index (χ4n) is 3.06. The Morgan fingerprint density at radius 1 is 1.21 bits per heavy atom. The Morgan fingerprint density at radius 3 is 2.67 bits per heavy atom. The highest BCUT2D eigenvalue weighted by Gasteiger charge is 2.19. The van der Waals surface area contributed by atoms with Crippen LogP contribution in [0, 0.1) is 11.3 Å². The first-order valence-electron chi connectivity index (χ1n) is 8.06. The van der Waals surface area contributed by atoms with Gasteiger partial charge in [0.1, 0.15) is 5.69 Å². The molecule has 2 heterocycles. The van der Waals surface area contributed by atoms with E-state index < -0.39 is 0 Å². The van der Waals surface area contributed by atoms with E-state index in [2.05, 4.69) is 20.9 Å². The first kappa shape index (κ1) is 15.9. The predicted octanol–water partition coefficient (Wildman–Crippen LogP) is 2.35. The van der Waals surface area contributed by atoms with Crippen molar-refractivity contribution in [1.29, 1.82) is 5.26 Å². The van der Waals surface area contributed by atoms with Gasteiger partial charge in [0.05, 0.1) is 11.6 Å². The van der Waals surface area contributed by atoms with Gasteiger partial charge < -0.3 is 10.6 Å². The van der Waals surface area contributed by atoms with Crippen LogP contribution in [0.3, 0.4) is 0 Å². The Hall–Kier alpha value is -2.94. The highest BCUT2D eigenvalue weighted by atomic mass is 16.1. The SMILES string of the molecule is N#Cc1ccc(N2CCCCC2)c(CC(=O)c2nccnc2N)c1. The fourth-order valence-corrected chi connectivity index (χ4v) is 3.06. The van der Waals surface area contributed by atoms with Gasteiger partial charge in [-0.05, 0) is 43.0 Å². The van der Waals surface area contributed by atoms with Crippen molar-refractivity contribution in [3.05, 3.63) is 47.4 Å². The van der Waals surface area contributed by atoms with Crippen molar-refractivity contribution in [2.24, 2.45) is 0 Å². The number of nitrogens with two attached hydrogens (primary N) is 1. The van der Waals surface area contributed by atoms with Crippen LogP contribution in [0.4, 0.5) is 11.5 Å². The fraction of sp³-hybridized carbons (Fsp3) is 0.333. The highest BCUT2D eigenvalue weighted by molar-refractivity contribution is 6.00. The molecule has 1 aliphatic rings. The van der Waals surface area contributed by atoms with Gasteiger partial charge in [0, 0.05) is 37.6 Å². The summed E-state index contributed by atoms with van der Waals surface area (Å²) in [5.41, 5.74) is 8.34. The maximum absolute atomic E-state index is 12.6. The molecule has 3 rings (SSSR count). The molecule has 0 radical (unpaired) electrons. The molecule has 24 heavy (non-hydrogen) atoms. The second-order valence-electron chi connectivity index (χ2n) is 5.89. The van der Waals surface area contributed by atoms with Crippen molar-refractivity contribution < 1.29 is 4.79 Å². The summed E-state index contributed by atoms with van der Waals surface area (Å²) in [4.78, 5) is 22.8. The van der Waals surface area contributed by atoms with Gasteiger partial charge in [-0.25, -0.2) is 9.97 Å². The molecule has 0 spiro atoms. The van der Waals surface area contributed by atoms with E-state index in [1.54, 1.807) is 12.1 Å². The molecule has 0 unspecified atom stereocenters. The minimum Gasteiger partial charge on any atom is -0.382 e. The number of nitrogens with zero attached hydrogens (tertiary/aromatic N) is 4. The van der Waals surface area contributed by atoms with Gasteiger partial charge in [0.15, 0.2) is 11.6 Å². The van der Waals surface area contributed by atoms with Gasteiger partial charge in [-0.1, -0.05) is 0 Å². The number of nitrogen functional groups attached to an aromatic ring is 1. The van der Waals surface area contributed by atoms with Crippen LogP contribution >= 0.6 is 0 Å². The minimum absolute atomic E-state index is 0.137. The molecule has 122 valence electrons. The standard InChI is InChI=1S/C18H19N5O/c19-12-13-4-5-15(23-8-2-1-3-9-23)14(10-13)11-16(24)17-18(20)22-7-6-21-17/h4-7,10H,1-3,8-9,11H2,(H2,20,22). The molecular weight excluding hydrogens is 302 g/mol. The summed E-state index contributed by atoms with van der Waals surface area (Å²) >= 11 is 0. The summed E-state index contributed by atoms with van der Waals surface area (Å²) in [7, 11) is 0. The normalized spacial score (nSPS) is 14.2. The molecule has 6 heteroatoms. The largest absolute Gasteiger partial charge is 0.382 e. The van der Waals surface area contributed by atoms with Crippen molar-refractivity contribution in [3.63, 3.8) is 0 Å². The molecule has 0 atom stereocenters. The van der Waals surface area contributed by atoms with Crippen molar-refractivity contribution in [3.8, 4) is 6.07 Å². The van der Waals surface area contributed by atoms with Gasteiger partial charge in [-0.15, -0.1) is 0 Å². The Labute approximate surface area is 140 Å². The number of Topliss-reactive ketones (excluding diaryl/α,β-unsaturated/α-hetero) is 1. The zero-order valence-corrected chi connectivity index (χ0v) is 13.4. The third-order valence-corrected chi connectivity index (χ3v) is 4.25. The van der Waals surface area contributed by atoms with Gasteiger partial charge >= 0.3 is 0 Å². The number of ketones is 1. The van der Waals surface area contributed by atoms with Crippen molar-refractivity contribution in [1.82, 2.24) is 9.97 Å². The van der Waals surface area contributed by atoms with Gasteiger partial charge in [-0.3, -0.25) is 4.79 Å². The number of nitriles is 1. The van der Waals surface area contributed by atoms with E-state index in [9.17, 15) is 4.79 Å². The van der Waals surface area contributed by atoms with Crippen molar-refractivity contribution in [2.75, 3.05) is 23.7 Å². The average molecular weight is 321 g/mol. The van der Waals surface area contributed by atoms with Crippen LogP contribution in [0.25, 0.3) is 0 Å². The topological polar surface area (TPSA) is 95.9 Å². The van der Waals surface area contributed by atoms with Crippen LogP contribution < -0.4 is 10.6 Å². The lowest BCUT2D eigenvalue weighted by atomic mass is 10.00. The van der Waals surface area contributed by atoms with E-state index in [1.165, 1.54) is 18.8 Å². The van der Waals surface area contributed by atoms with Gasteiger partial charge in [0.2, 0.25) is 0 Å². The van der Waals surface area contributed by atoms with Crippen LogP contribution in [0.2, 0.25) is 0 Å². The molecule has 1 saturated heterocycles. The summed E-state index contributed by atoms with van der Waals surface area (Å²) in [5, 5.41) is 9.17. The molecule has 1 aliphatic heterocycles. The van der Waals surface area contributed by atoms with E-state index >= 15 is 0 Å². The molecule has 6 nitrogen and oxygen atoms in total. The Bertz CT molecular complexity index is 790. The summed E-state index contributed by atoms with van der Waals surface area (Å²) < 4.78 is 0. The molecule has 0 amide bonds. The monoisotopic (exact) mass is 321 g/mol. The summed E-state index contributed by atoms with van der Waals surface area (Å²) in [5.74, 6) is -0.0487. The van der Waals surface area contributed by atoms with Crippen LogP contribution in [-0.4, -0.2) is 28.8 Å². The lowest BCUT2D eigenvalue weighted by Gasteiger charge is -2.30. The van der Waals surface area contributed by atoms with E-state index in [-0.39, 0.29) is 23.7 Å². The zero-order chi connectivity index (χ0) is 16.9. The first-order valence-corrected chi connectivity index (χ1v) is 8.06. The summed E-state index contributed by atoms with van der Waals surface area (Å²) in [6.45, 7) is 1.95. The minimum atomic E-state index is -0.186. The average Bonchev–Trinajstić information content (AvgIpc) is 2.62. The molecule has 2 aromatic rings. The maximum atomic E-state index is 12.6. The smallest absolute Gasteiger partial charge is 0.189 e. The number of hydrogen-bond donors (Lipinski definition) is 1. The Kier molecular flexibility index (Phi) is 4.71. The number of benzene rings is 1. The van der Waals surface area contributed by atoms with E-state index in [0.29, 0.717) is 5.56 Å². The number of rotatable bonds is 4. The Morgan fingerprint density at radius 2 is 1.96 bits per heavy atom. The third kappa shape index (κ3) is 3.35. The van der Waals surface area contributed by atoms with Crippen LogP contribution in [0.5, 0.6) is 0 Å². The molecule has 0 saturated carbocycles. The summed E-state index contributed by atoms with van der Waals surface area (Å²) in [6.07, 6.45) is 6.60. The van der Waals surface area contributed by atoms with Crippen molar-refractivity contribution in [2.45, 2.75) is 25.7 Å². The maximum Gasteiger partial charge on any atom is 0.189 e. The highest BCUT2D eigenvalue weighted by Crippen LogP contribution is 2.26. The lowest BCUT2D eigenvalue weighted by Crippen LogP contribution is -2.30. The number of hydrogen-bond acceptors (Lipinski definition) is 6. The Balaban J connectivity index is 1.92. The molecule has 0 aliphatic carbocycles. The number of piperidine rings is 1. The number of carbonyl (C=O) groups is 1. The van der Waals surface area contributed by atoms with Crippen LogP contribution in [0.15, 0.2) is 30.6 Å². The van der Waals surface area contributed by atoms with Crippen LogP contribution in [0.1, 0.15) is 40.9 Å². The lowest BCUT2D eigenvalue weighted by molar-refractivity contribution is 0.0989. The molecule has 0 bridgehead atoms. The van der Waals surface area contributed by atoms with Crippen molar-refractivity contribution >= 4 is 17.3 Å². The first-order chi connectivity index (χ1) is 11.7. The van der Waals surface area contributed by atoms with Gasteiger partial charge in [-0.2, -0.15) is 5.26 Å². The second-order valence-corrected chi connectivity index (χ2v) is 5.89. The van der Waals surface area contributed by atoms with E-state index in [0.717, 1.165) is 37.2 Å². The van der Waals surface area contributed by atoms with E-state index in [1.807, 2.05) is 6.07 Å². The van der Waals surface area contributed by atoms with E-state index in [4.69, 9.17) is 11.0 Å². The molecule has 1 fully saturated rings. The molecule has 1 aromatic carbocycles. The number of carbonyl (C=O) groups excluding carboxylic acids is 1. The molecular formula is C18H19N5O. The number of aromatic nitrogens is 2. The number of anilines is 2. The van der Waals surface area contributed by atoms with Crippen LogP contribution in [-0.2, 0) is 6.42 Å². The third-order valence-electron chi connectivity index (χ3n) is 4.25.